The van der Waals surface area contributed by atoms with E-state index in [1.54, 1.807) is 11.3 Å². The van der Waals surface area contributed by atoms with E-state index < -0.39 is 0 Å². The highest BCUT2D eigenvalue weighted by molar-refractivity contribution is 7.09. The molecule has 0 radical (unpaired) electrons. The lowest BCUT2D eigenvalue weighted by molar-refractivity contribution is 0.155. The van der Waals surface area contributed by atoms with Gasteiger partial charge in [0.2, 0.25) is 0 Å². The summed E-state index contributed by atoms with van der Waals surface area (Å²) in [6, 6.07) is 11.8. The molecular formula is C25H32N6O2S. The molecule has 0 aliphatic carbocycles. The fourth-order valence-electron chi connectivity index (χ4n) is 4.19. The monoisotopic (exact) mass is 480 g/mol. The van der Waals surface area contributed by atoms with Gasteiger partial charge in [-0.3, -0.25) is 9.69 Å². The lowest BCUT2D eigenvalue weighted by atomic mass is 10.1. The molecule has 1 aromatic carbocycles. The number of hydrogen-bond donors (Lipinski definition) is 1. The van der Waals surface area contributed by atoms with Crippen LogP contribution in [0.3, 0.4) is 0 Å². The highest BCUT2D eigenvalue weighted by atomic mass is 32.1. The first-order chi connectivity index (χ1) is 16.3. The smallest absolute Gasteiger partial charge is 0.252 e. The number of tetrazole rings is 1. The van der Waals surface area contributed by atoms with E-state index in [4.69, 9.17) is 4.74 Å². The van der Waals surface area contributed by atoms with Gasteiger partial charge in [-0.25, -0.2) is 4.68 Å². The Hall–Kier alpha value is -3.04. The Bertz CT molecular complexity index is 1290. The first-order valence-corrected chi connectivity index (χ1v) is 12.5. The minimum absolute atomic E-state index is 0.0545. The quantitative estimate of drug-likeness (QED) is 0.367. The Kier molecular flexibility index (Phi) is 7.13. The molecule has 8 nitrogen and oxygen atoms in total. The average Bonchev–Trinajstić information content (AvgIpc) is 3.47. The minimum atomic E-state index is -0.253. The van der Waals surface area contributed by atoms with Crippen LogP contribution in [0, 0.1) is 0 Å². The molecule has 180 valence electrons. The van der Waals surface area contributed by atoms with E-state index in [-0.39, 0.29) is 17.1 Å². The zero-order valence-electron chi connectivity index (χ0n) is 20.4. The molecule has 1 atom stereocenters. The number of hydrogen-bond acceptors (Lipinski definition) is 7. The summed E-state index contributed by atoms with van der Waals surface area (Å²) in [5, 5.41) is 15.7. The molecule has 4 aromatic rings. The van der Waals surface area contributed by atoms with Crippen LogP contribution < -0.4 is 10.3 Å². The zero-order chi connectivity index (χ0) is 24.3. The summed E-state index contributed by atoms with van der Waals surface area (Å²) in [4.78, 5) is 19.6. The predicted molar refractivity (Wildman–Crippen MR) is 135 cm³/mol. The van der Waals surface area contributed by atoms with Crippen molar-refractivity contribution in [1.29, 1.82) is 0 Å². The SMILES string of the molecule is CCOc1ccc2[nH]c(=O)c(CN(Cc3cccs3)[C@H](CC)c3nnnn3C(C)(C)C)cc2c1. The zero-order valence-corrected chi connectivity index (χ0v) is 21.2. The number of thiophene rings is 1. The van der Waals surface area contributed by atoms with Gasteiger partial charge in [0.15, 0.2) is 5.82 Å². The molecule has 0 amide bonds. The standard InChI is InChI=1S/C25H32N6O2S/c1-6-22(23-27-28-29-31(23)25(3,4)5)30(16-20-9-8-12-34-20)15-18-13-17-14-19(33-7-2)10-11-21(17)26-24(18)32/h8-14,22H,6-7,15-16H2,1-5H3,(H,26,32)/t22-/m1/s1. The van der Waals surface area contributed by atoms with Crippen LogP contribution in [0.5, 0.6) is 5.75 Å². The Balaban J connectivity index is 1.74. The van der Waals surface area contributed by atoms with Crippen LogP contribution in [0.2, 0.25) is 0 Å². The van der Waals surface area contributed by atoms with Gasteiger partial charge in [0.25, 0.3) is 5.56 Å². The Morgan fingerprint density at radius 2 is 2.00 bits per heavy atom. The molecule has 0 spiro atoms. The number of nitrogens with one attached hydrogen (secondary N) is 1. The van der Waals surface area contributed by atoms with Gasteiger partial charge in [0, 0.05) is 34.4 Å². The molecule has 34 heavy (non-hydrogen) atoms. The molecule has 3 aromatic heterocycles. The molecule has 0 bridgehead atoms. The first kappa shape index (κ1) is 24.1. The van der Waals surface area contributed by atoms with Crippen molar-refractivity contribution in [3.8, 4) is 5.75 Å². The van der Waals surface area contributed by atoms with Crippen molar-refractivity contribution < 1.29 is 4.74 Å². The van der Waals surface area contributed by atoms with Crippen LogP contribution in [0.4, 0.5) is 0 Å². The summed E-state index contributed by atoms with van der Waals surface area (Å²) < 4.78 is 7.55. The third-order valence-electron chi connectivity index (χ3n) is 5.77. The van der Waals surface area contributed by atoms with Gasteiger partial charge in [-0.1, -0.05) is 13.0 Å². The maximum absolute atomic E-state index is 13.0. The average molecular weight is 481 g/mol. The third kappa shape index (κ3) is 5.20. The van der Waals surface area contributed by atoms with E-state index in [0.717, 1.165) is 28.9 Å². The number of benzene rings is 1. The van der Waals surface area contributed by atoms with Gasteiger partial charge in [0.1, 0.15) is 5.75 Å². The van der Waals surface area contributed by atoms with Crippen LogP contribution in [0.1, 0.15) is 63.3 Å². The second kappa shape index (κ2) is 10.1. The summed E-state index contributed by atoms with van der Waals surface area (Å²) >= 11 is 1.71. The van der Waals surface area contributed by atoms with Crippen molar-refractivity contribution >= 4 is 22.2 Å². The number of aromatic nitrogens is 5. The topological polar surface area (TPSA) is 88.9 Å². The summed E-state index contributed by atoms with van der Waals surface area (Å²) in [6.45, 7) is 12.1. The summed E-state index contributed by atoms with van der Waals surface area (Å²) in [7, 11) is 0. The van der Waals surface area contributed by atoms with E-state index >= 15 is 0 Å². The van der Waals surface area contributed by atoms with Gasteiger partial charge >= 0.3 is 0 Å². The van der Waals surface area contributed by atoms with Gasteiger partial charge in [-0.05, 0) is 80.3 Å². The van der Waals surface area contributed by atoms with Gasteiger partial charge in [0.05, 0.1) is 18.2 Å². The van der Waals surface area contributed by atoms with E-state index in [1.165, 1.54) is 4.88 Å². The fraction of sp³-hybridized carbons (Fsp3) is 0.440. The van der Waals surface area contributed by atoms with E-state index in [9.17, 15) is 4.79 Å². The highest BCUT2D eigenvalue weighted by Crippen LogP contribution is 2.30. The number of pyridine rings is 1. The van der Waals surface area contributed by atoms with Crippen molar-refractivity contribution in [2.24, 2.45) is 0 Å². The molecule has 0 unspecified atom stereocenters. The van der Waals surface area contributed by atoms with Crippen molar-refractivity contribution in [3.05, 3.63) is 68.4 Å². The molecule has 4 rings (SSSR count). The van der Waals surface area contributed by atoms with Gasteiger partial charge in [-0.2, -0.15) is 0 Å². The third-order valence-corrected chi connectivity index (χ3v) is 6.63. The van der Waals surface area contributed by atoms with Crippen LogP contribution in [0.25, 0.3) is 10.9 Å². The van der Waals surface area contributed by atoms with Gasteiger partial charge in [-0.15, -0.1) is 16.4 Å². The van der Waals surface area contributed by atoms with Crippen LogP contribution in [-0.4, -0.2) is 36.7 Å². The molecule has 9 heteroatoms. The molecule has 3 heterocycles. The Morgan fingerprint density at radius 1 is 1.18 bits per heavy atom. The summed E-state index contributed by atoms with van der Waals surface area (Å²) in [5.74, 6) is 1.60. The minimum Gasteiger partial charge on any atom is -0.494 e. The largest absolute Gasteiger partial charge is 0.494 e. The molecule has 0 fully saturated rings. The molecular weight excluding hydrogens is 448 g/mol. The van der Waals surface area contributed by atoms with E-state index in [0.29, 0.717) is 25.3 Å². The van der Waals surface area contributed by atoms with E-state index in [2.05, 4.69) is 70.6 Å². The second-order valence-electron chi connectivity index (χ2n) is 9.33. The Morgan fingerprint density at radius 3 is 2.68 bits per heavy atom. The van der Waals surface area contributed by atoms with Crippen molar-refractivity contribution in [2.45, 2.75) is 65.7 Å². The van der Waals surface area contributed by atoms with Crippen molar-refractivity contribution in [2.75, 3.05) is 6.61 Å². The van der Waals surface area contributed by atoms with Gasteiger partial charge < -0.3 is 9.72 Å². The number of fused-ring (bicyclic) bond motifs is 1. The normalized spacial score (nSPS) is 13.0. The number of ether oxygens (including phenoxy) is 1. The molecule has 0 saturated heterocycles. The Labute approximate surface area is 203 Å². The fourth-order valence-corrected chi connectivity index (χ4v) is 4.91. The highest BCUT2D eigenvalue weighted by Gasteiger charge is 2.29. The first-order valence-electron chi connectivity index (χ1n) is 11.6. The number of nitrogens with zero attached hydrogens (tertiary/aromatic N) is 5. The molecule has 0 aliphatic heterocycles. The lowest BCUT2D eigenvalue weighted by Gasteiger charge is -2.32. The second-order valence-corrected chi connectivity index (χ2v) is 10.4. The summed E-state index contributed by atoms with van der Waals surface area (Å²) in [6.07, 6.45) is 0.807. The van der Waals surface area contributed by atoms with Crippen molar-refractivity contribution in [3.63, 3.8) is 0 Å². The van der Waals surface area contributed by atoms with Crippen LogP contribution in [-0.2, 0) is 18.6 Å². The number of H-pyrrole nitrogens is 1. The van der Waals surface area contributed by atoms with E-state index in [1.807, 2.05) is 35.9 Å². The lowest BCUT2D eigenvalue weighted by Crippen LogP contribution is -2.35. The summed E-state index contributed by atoms with van der Waals surface area (Å²) in [5.41, 5.74) is 1.16. The van der Waals surface area contributed by atoms with Crippen molar-refractivity contribution in [1.82, 2.24) is 30.1 Å². The van der Waals surface area contributed by atoms with Crippen LogP contribution in [0.15, 0.2) is 46.6 Å². The number of rotatable bonds is 9. The molecule has 0 aliphatic rings. The predicted octanol–water partition coefficient (Wildman–Crippen LogP) is 4.88. The number of aromatic amines is 1. The molecule has 1 N–H and O–H groups in total. The molecule has 0 saturated carbocycles. The maximum Gasteiger partial charge on any atom is 0.252 e. The maximum atomic E-state index is 13.0. The van der Waals surface area contributed by atoms with Crippen LogP contribution >= 0.6 is 11.3 Å².